The van der Waals surface area contributed by atoms with Crippen LogP contribution in [0.1, 0.15) is 34.8 Å². The van der Waals surface area contributed by atoms with Crippen molar-refractivity contribution < 1.29 is 4.79 Å². The lowest BCUT2D eigenvalue weighted by molar-refractivity contribution is 0.0948. The Morgan fingerprint density at radius 2 is 1.96 bits per heavy atom. The number of benzene rings is 1. The van der Waals surface area contributed by atoms with Gasteiger partial charge in [0, 0.05) is 61.3 Å². The van der Waals surface area contributed by atoms with E-state index in [1.165, 1.54) is 0 Å². The van der Waals surface area contributed by atoms with Crippen molar-refractivity contribution in [2.45, 2.75) is 18.8 Å². The first-order valence-corrected chi connectivity index (χ1v) is 9.40. The summed E-state index contributed by atoms with van der Waals surface area (Å²) < 4.78 is 0. The quantitative estimate of drug-likeness (QED) is 0.763. The first kappa shape index (κ1) is 22.2. The van der Waals surface area contributed by atoms with Crippen LogP contribution in [0, 0.1) is 0 Å². The van der Waals surface area contributed by atoms with Gasteiger partial charge in [0.2, 0.25) is 0 Å². The van der Waals surface area contributed by atoms with Crippen LogP contribution in [0.2, 0.25) is 5.02 Å². The third-order valence-electron chi connectivity index (χ3n) is 4.95. The number of amides is 1. The van der Waals surface area contributed by atoms with E-state index in [1.54, 1.807) is 0 Å². The third-order valence-corrected chi connectivity index (χ3v) is 5.19. The highest BCUT2D eigenvalue weighted by atomic mass is 35.5. The normalized spacial score (nSPS) is 17.1. The molecule has 148 valence electrons. The second-order valence-corrected chi connectivity index (χ2v) is 7.31. The second kappa shape index (κ2) is 9.89. The molecule has 1 saturated heterocycles. The molecule has 0 bridgehead atoms. The molecule has 1 aliphatic carbocycles. The number of fused-ring (bicyclic) bond motifs is 1. The van der Waals surface area contributed by atoms with E-state index in [-0.39, 0.29) is 30.7 Å². The van der Waals surface area contributed by atoms with Crippen LogP contribution in [0.4, 0.5) is 0 Å². The fourth-order valence-corrected chi connectivity index (χ4v) is 3.52. The highest BCUT2D eigenvalue weighted by molar-refractivity contribution is 6.31. The molecular weight excluding hydrogens is 407 g/mol. The average molecular weight is 432 g/mol. The number of pyridine rings is 1. The van der Waals surface area contributed by atoms with Gasteiger partial charge in [-0.15, -0.1) is 24.8 Å². The number of nitrogens with one attached hydrogen (secondary N) is 2. The van der Waals surface area contributed by atoms with E-state index in [9.17, 15) is 4.79 Å². The summed E-state index contributed by atoms with van der Waals surface area (Å²) in [5, 5.41) is 7.87. The maximum atomic E-state index is 12.8. The molecule has 1 saturated carbocycles. The van der Waals surface area contributed by atoms with Crippen LogP contribution in [-0.2, 0) is 0 Å². The molecule has 8 heteroatoms. The standard InChI is InChI=1S/C19H23ClN4O.2ClH/c20-14-3-4-17-15(11-14)16(12-18(23-17)13-1-2-13)19(25)22-7-10-24-8-5-21-6-9-24;;/h3-4,11-13,21H,1-2,5-10H2,(H,22,25);2*1H. The minimum atomic E-state index is -0.0355. The summed E-state index contributed by atoms with van der Waals surface area (Å²) in [7, 11) is 0. The van der Waals surface area contributed by atoms with Crippen molar-refractivity contribution in [2.24, 2.45) is 0 Å². The van der Waals surface area contributed by atoms with Crippen molar-refractivity contribution in [1.29, 1.82) is 0 Å². The zero-order valence-electron chi connectivity index (χ0n) is 15.0. The van der Waals surface area contributed by atoms with Gasteiger partial charge in [-0.05, 0) is 37.1 Å². The van der Waals surface area contributed by atoms with Crippen LogP contribution in [0.5, 0.6) is 0 Å². The maximum absolute atomic E-state index is 12.8. The summed E-state index contributed by atoms with van der Waals surface area (Å²) in [4.78, 5) is 19.9. The topological polar surface area (TPSA) is 57.3 Å². The Kier molecular flexibility index (Phi) is 8.13. The maximum Gasteiger partial charge on any atom is 0.252 e. The zero-order valence-corrected chi connectivity index (χ0v) is 17.4. The molecule has 1 aromatic carbocycles. The summed E-state index contributed by atoms with van der Waals surface area (Å²) in [6, 6.07) is 7.53. The van der Waals surface area contributed by atoms with Crippen molar-refractivity contribution in [3.63, 3.8) is 0 Å². The van der Waals surface area contributed by atoms with E-state index >= 15 is 0 Å². The van der Waals surface area contributed by atoms with Gasteiger partial charge < -0.3 is 10.6 Å². The Morgan fingerprint density at radius 1 is 1.22 bits per heavy atom. The van der Waals surface area contributed by atoms with Crippen LogP contribution in [0.25, 0.3) is 10.9 Å². The number of rotatable bonds is 5. The Morgan fingerprint density at radius 3 is 2.67 bits per heavy atom. The first-order valence-electron chi connectivity index (χ1n) is 9.02. The second-order valence-electron chi connectivity index (χ2n) is 6.88. The van der Waals surface area contributed by atoms with Crippen molar-refractivity contribution >= 4 is 53.2 Å². The lowest BCUT2D eigenvalue weighted by Crippen LogP contribution is -2.46. The fourth-order valence-electron chi connectivity index (χ4n) is 3.35. The van der Waals surface area contributed by atoms with Crippen molar-refractivity contribution in [3.05, 3.63) is 40.5 Å². The number of hydrogen-bond donors (Lipinski definition) is 2. The molecule has 2 heterocycles. The van der Waals surface area contributed by atoms with Gasteiger partial charge >= 0.3 is 0 Å². The molecule has 0 atom stereocenters. The van der Waals surface area contributed by atoms with Crippen molar-refractivity contribution in [1.82, 2.24) is 20.5 Å². The van der Waals surface area contributed by atoms with Gasteiger partial charge in [-0.1, -0.05) is 11.6 Å². The third kappa shape index (κ3) is 5.46. The Balaban J connectivity index is 0.00000131. The molecule has 2 fully saturated rings. The number of piperazine rings is 1. The van der Waals surface area contributed by atoms with Crippen LogP contribution in [0.15, 0.2) is 24.3 Å². The molecule has 5 nitrogen and oxygen atoms in total. The summed E-state index contributed by atoms with van der Waals surface area (Å²) in [5.74, 6) is 0.471. The Labute approximate surface area is 177 Å². The van der Waals surface area contributed by atoms with Crippen LogP contribution >= 0.6 is 36.4 Å². The van der Waals surface area contributed by atoms with Crippen molar-refractivity contribution in [3.8, 4) is 0 Å². The molecule has 0 unspecified atom stereocenters. The summed E-state index contributed by atoms with van der Waals surface area (Å²) >= 11 is 6.14. The largest absolute Gasteiger partial charge is 0.351 e. The van der Waals surface area contributed by atoms with Crippen LogP contribution < -0.4 is 10.6 Å². The number of nitrogens with zero attached hydrogens (tertiary/aromatic N) is 2. The molecule has 27 heavy (non-hydrogen) atoms. The van der Waals surface area contributed by atoms with E-state index in [2.05, 4.69) is 15.5 Å². The van der Waals surface area contributed by atoms with Gasteiger partial charge in [0.05, 0.1) is 11.1 Å². The number of carbonyl (C=O) groups excluding carboxylic acids is 1. The highest BCUT2D eigenvalue weighted by Crippen LogP contribution is 2.40. The molecule has 2 N–H and O–H groups in total. The van der Waals surface area contributed by atoms with E-state index in [0.29, 0.717) is 23.0 Å². The van der Waals surface area contributed by atoms with Crippen LogP contribution in [0.3, 0.4) is 0 Å². The molecule has 1 aliphatic heterocycles. The number of aromatic nitrogens is 1. The average Bonchev–Trinajstić information content (AvgIpc) is 3.47. The lowest BCUT2D eigenvalue weighted by atomic mass is 10.1. The minimum Gasteiger partial charge on any atom is -0.351 e. The molecule has 1 aromatic heterocycles. The molecule has 0 radical (unpaired) electrons. The number of carbonyl (C=O) groups is 1. The van der Waals surface area contributed by atoms with Gasteiger partial charge in [-0.25, -0.2) is 0 Å². The van der Waals surface area contributed by atoms with Gasteiger partial charge in [0.1, 0.15) is 0 Å². The molecule has 4 rings (SSSR count). The van der Waals surface area contributed by atoms with E-state index in [4.69, 9.17) is 16.6 Å². The van der Waals surface area contributed by atoms with Gasteiger partial charge in [-0.2, -0.15) is 0 Å². The van der Waals surface area contributed by atoms with Gasteiger partial charge in [0.25, 0.3) is 5.91 Å². The van der Waals surface area contributed by atoms with Gasteiger partial charge in [0.15, 0.2) is 0 Å². The zero-order chi connectivity index (χ0) is 17.2. The molecule has 1 amide bonds. The summed E-state index contributed by atoms with van der Waals surface area (Å²) in [6.07, 6.45) is 2.33. The smallest absolute Gasteiger partial charge is 0.252 e. The van der Waals surface area contributed by atoms with Crippen molar-refractivity contribution in [2.75, 3.05) is 39.3 Å². The first-order chi connectivity index (χ1) is 12.2. The van der Waals surface area contributed by atoms with E-state index < -0.39 is 0 Å². The fraction of sp³-hybridized carbons (Fsp3) is 0.474. The monoisotopic (exact) mass is 430 g/mol. The lowest BCUT2D eigenvalue weighted by Gasteiger charge is -2.27. The summed E-state index contributed by atoms with van der Waals surface area (Å²) in [5.41, 5.74) is 2.57. The molecule has 2 aliphatic rings. The van der Waals surface area contributed by atoms with Gasteiger partial charge in [-0.3, -0.25) is 14.7 Å². The number of halogens is 3. The SMILES string of the molecule is Cl.Cl.O=C(NCCN1CCNCC1)c1cc(C2CC2)nc2ccc(Cl)cc12. The van der Waals surface area contributed by atoms with E-state index in [1.807, 2.05) is 24.3 Å². The molecule has 2 aromatic rings. The Hall–Kier alpha value is -1.11. The Bertz CT molecular complexity index is 792. The minimum absolute atomic E-state index is 0. The van der Waals surface area contributed by atoms with E-state index in [0.717, 1.165) is 62.2 Å². The summed E-state index contributed by atoms with van der Waals surface area (Å²) in [6.45, 7) is 5.65. The number of hydrogen-bond acceptors (Lipinski definition) is 4. The molecular formula is C19H25Cl3N4O. The predicted octanol–water partition coefficient (Wildman–Crippen LogP) is 3.24. The highest BCUT2D eigenvalue weighted by Gasteiger charge is 2.27. The predicted molar refractivity (Wildman–Crippen MR) is 115 cm³/mol. The van der Waals surface area contributed by atoms with Crippen LogP contribution in [-0.4, -0.2) is 55.1 Å². The molecule has 0 spiro atoms.